The van der Waals surface area contributed by atoms with Gasteiger partial charge >= 0.3 is 0 Å². The number of rotatable bonds is 5. The van der Waals surface area contributed by atoms with Crippen LogP contribution in [-0.4, -0.2) is 34.8 Å². The van der Waals surface area contributed by atoms with Crippen LogP contribution in [0.25, 0.3) is 0 Å². The molecular weight excluding hydrogens is 322 g/mol. The number of carbonyl (C=O) groups is 1. The first-order valence-electron chi connectivity index (χ1n) is 4.56. The van der Waals surface area contributed by atoms with Crippen molar-refractivity contribution in [2.45, 2.75) is 10.8 Å². The van der Waals surface area contributed by atoms with Crippen molar-refractivity contribution in [3.8, 4) is 0 Å². The van der Waals surface area contributed by atoms with E-state index in [0.717, 1.165) is 17.6 Å². The summed E-state index contributed by atoms with van der Waals surface area (Å²) in [5, 5.41) is 2.37. The predicted octanol–water partition coefficient (Wildman–Crippen LogP) is 0.336. The van der Waals surface area contributed by atoms with E-state index in [-0.39, 0.29) is 10.8 Å². The van der Waals surface area contributed by atoms with Crippen LogP contribution in [0, 0.1) is 0 Å². The SMILES string of the molecule is CS(=O)(=O)CC(=O)NCc1ccc(S(=O)(=O)Cl)s1. The number of nitrogens with one attached hydrogen (secondary N) is 1. The summed E-state index contributed by atoms with van der Waals surface area (Å²) in [6.07, 6.45) is 0.954. The molecule has 1 N–H and O–H groups in total. The van der Waals surface area contributed by atoms with Crippen LogP contribution in [0.15, 0.2) is 16.3 Å². The highest BCUT2D eigenvalue weighted by Crippen LogP contribution is 2.24. The van der Waals surface area contributed by atoms with Crippen LogP contribution in [0.3, 0.4) is 0 Å². The predicted molar refractivity (Wildman–Crippen MR) is 68.9 cm³/mol. The van der Waals surface area contributed by atoms with Gasteiger partial charge in [-0.15, -0.1) is 11.3 Å². The largest absolute Gasteiger partial charge is 0.350 e. The van der Waals surface area contributed by atoms with E-state index in [9.17, 15) is 21.6 Å². The fourth-order valence-corrected chi connectivity index (χ4v) is 3.70. The molecule has 0 saturated heterocycles. The Kier molecular flexibility index (Phi) is 4.76. The lowest BCUT2D eigenvalue weighted by Crippen LogP contribution is -2.29. The molecule has 0 saturated carbocycles. The Bertz CT molecular complexity index is 646. The minimum atomic E-state index is -3.77. The van der Waals surface area contributed by atoms with Gasteiger partial charge in [0.25, 0.3) is 9.05 Å². The third kappa shape index (κ3) is 5.34. The fraction of sp³-hybridized carbons (Fsp3) is 0.375. The van der Waals surface area contributed by atoms with Gasteiger partial charge in [-0.05, 0) is 12.1 Å². The molecule has 0 aliphatic heterocycles. The lowest BCUT2D eigenvalue weighted by molar-refractivity contribution is -0.118. The van der Waals surface area contributed by atoms with Gasteiger partial charge in [-0.3, -0.25) is 4.79 Å². The van der Waals surface area contributed by atoms with Crippen molar-refractivity contribution in [2.24, 2.45) is 0 Å². The van der Waals surface area contributed by atoms with E-state index in [1.54, 1.807) is 0 Å². The maximum Gasteiger partial charge on any atom is 0.270 e. The number of thiophene rings is 1. The third-order valence-electron chi connectivity index (χ3n) is 1.73. The summed E-state index contributed by atoms with van der Waals surface area (Å²) in [5.41, 5.74) is 0. The highest BCUT2D eigenvalue weighted by Gasteiger charge is 2.14. The normalized spacial score (nSPS) is 12.3. The molecule has 1 heterocycles. The van der Waals surface area contributed by atoms with Gasteiger partial charge in [0.1, 0.15) is 9.96 Å². The molecule has 6 nitrogen and oxygen atoms in total. The van der Waals surface area contributed by atoms with Crippen molar-refractivity contribution in [1.29, 1.82) is 0 Å². The number of hydrogen-bond donors (Lipinski definition) is 1. The summed E-state index contributed by atoms with van der Waals surface area (Å²) < 4.78 is 43.6. The van der Waals surface area contributed by atoms with E-state index < -0.39 is 30.5 Å². The molecule has 0 aliphatic carbocycles. The summed E-state index contributed by atoms with van der Waals surface area (Å²) in [4.78, 5) is 11.8. The van der Waals surface area contributed by atoms with Gasteiger partial charge in [0, 0.05) is 21.8 Å². The van der Waals surface area contributed by atoms with E-state index >= 15 is 0 Å². The van der Waals surface area contributed by atoms with E-state index in [1.807, 2.05) is 0 Å². The summed E-state index contributed by atoms with van der Waals surface area (Å²) in [6.45, 7) is 0.0609. The molecule has 1 aromatic rings. The lowest BCUT2D eigenvalue weighted by Gasteiger charge is -2.01. The minimum Gasteiger partial charge on any atom is -0.350 e. The van der Waals surface area contributed by atoms with Gasteiger partial charge in [-0.1, -0.05) is 0 Å². The maximum absolute atomic E-state index is 11.2. The summed E-state index contributed by atoms with van der Waals surface area (Å²) in [5.74, 6) is -1.24. The molecule has 0 spiro atoms. The van der Waals surface area contributed by atoms with Crippen molar-refractivity contribution in [1.82, 2.24) is 5.32 Å². The minimum absolute atomic E-state index is 0.0171. The summed E-state index contributed by atoms with van der Waals surface area (Å²) in [7, 11) is -2.00. The van der Waals surface area contributed by atoms with Crippen molar-refractivity contribution >= 4 is 46.8 Å². The van der Waals surface area contributed by atoms with Crippen LogP contribution in [-0.2, 0) is 30.2 Å². The molecule has 102 valence electrons. The Morgan fingerprint density at radius 3 is 2.39 bits per heavy atom. The molecule has 18 heavy (non-hydrogen) atoms. The number of sulfone groups is 1. The Morgan fingerprint density at radius 2 is 1.94 bits per heavy atom. The molecule has 10 heteroatoms. The standard InChI is InChI=1S/C8H10ClNO5S3/c1-17(12,13)5-7(11)10-4-6-2-3-8(16-6)18(9,14)15/h2-3H,4-5H2,1H3,(H,10,11). The Morgan fingerprint density at radius 1 is 1.33 bits per heavy atom. The first kappa shape index (κ1) is 15.4. The van der Waals surface area contributed by atoms with Crippen LogP contribution < -0.4 is 5.32 Å². The van der Waals surface area contributed by atoms with Crippen LogP contribution in [0.1, 0.15) is 4.88 Å². The van der Waals surface area contributed by atoms with Gasteiger partial charge < -0.3 is 5.32 Å². The molecule has 0 fully saturated rings. The molecule has 0 radical (unpaired) electrons. The van der Waals surface area contributed by atoms with Crippen molar-refractivity contribution in [3.05, 3.63) is 17.0 Å². The van der Waals surface area contributed by atoms with Crippen molar-refractivity contribution in [2.75, 3.05) is 12.0 Å². The number of amides is 1. The Hall–Kier alpha value is -0.640. The number of carbonyl (C=O) groups excluding carboxylic acids is 1. The first-order chi connectivity index (χ1) is 8.08. The van der Waals surface area contributed by atoms with Crippen LogP contribution in [0.4, 0.5) is 0 Å². The maximum atomic E-state index is 11.2. The molecule has 0 atom stereocenters. The van der Waals surface area contributed by atoms with Gasteiger partial charge in [-0.2, -0.15) is 0 Å². The van der Waals surface area contributed by atoms with Crippen LogP contribution in [0.2, 0.25) is 0 Å². The third-order valence-corrected chi connectivity index (χ3v) is 5.69. The van der Waals surface area contributed by atoms with E-state index in [1.165, 1.54) is 12.1 Å². The molecule has 0 bridgehead atoms. The van der Waals surface area contributed by atoms with Crippen molar-refractivity contribution in [3.63, 3.8) is 0 Å². The average molecular weight is 332 g/mol. The van der Waals surface area contributed by atoms with Crippen LogP contribution >= 0.6 is 22.0 Å². The van der Waals surface area contributed by atoms with E-state index in [0.29, 0.717) is 4.88 Å². The second-order valence-corrected chi connectivity index (χ2v) is 9.61. The second-order valence-electron chi connectivity index (χ2n) is 3.51. The molecule has 1 aromatic heterocycles. The van der Waals surface area contributed by atoms with E-state index in [4.69, 9.17) is 10.7 Å². The zero-order chi connectivity index (χ0) is 14.0. The smallest absolute Gasteiger partial charge is 0.270 e. The average Bonchev–Trinajstić information content (AvgIpc) is 2.59. The zero-order valence-electron chi connectivity index (χ0n) is 9.21. The molecular formula is C8H10ClNO5S3. The first-order valence-corrected chi connectivity index (χ1v) is 9.74. The number of halogens is 1. The van der Waals surface area contributed by atoms with Gasteiger partial charge in [0.15, 0.2) is 9.84 Å². The highest BCUT2D eigenvalue weighted by atomic mass is 35.7. The summed E-state index contributed by atoms with van der Waals surface area (Å²) >= 11 is 0.916. The quantitative estimate of drug-likeness (QED) is 0.784. The fourth-order valence-electron chi connectivity index (χ4n) is 1.06. The summed E-state index contributed by atoms with van der Waals surface area (Å²) in [6, 6.07) is 2.83. The van der Waals surface area contributed by atoms with Gasteiger partial charge in [-0.25, -0.2) is 16.8 Å². The highest BCUT2D eigenvalue weighted by molar-refractivity contribution is 8.15. The Balaban J connectivity index is 2.60. The number of hydrogen-bond acceptors (Lipinski definition) is 6. The lowest BCUT2D eigenvalue weighted by atomic mass is 10.4. The molecule has 1 amide bonds. The monoisotopic (exact) mass is 331 g/mol. The molecule has 0 unspecified atom stereocenters. The van der Waals surface area contributed by atoms with Gasteiger partial charge in [0.2, 0.25) is 5.91 Å². The second kappa shape index (κ2) is 5.55. The van der Waals surface area contributed by atoms with Crippen molar-refractivity contribution < 1.29 is 21.6 Å². The van der Waals surface area contributed by atoms with Crippen LogP contribution in [0.5, 0.6) is 0 Å². The van der Waals surface area contributed by atoms with Gasteiger partial charge in [0.05, 0.1) is 6.54 Å². The van der Waals surface area contributed by atoms with E-state index in [2.05, 4.69) is 5.32 Å². The zero-order valence-corrected chi connectivity index (χ0v) is 12.4. The molecule has 0 aliphatic rings. The Labute approximate surface area is 113 Å². The topological polar surface area (TPSA) is 97.4 Å². The molecule has 0 aromatic carbocycles. The molecule has 1 rings (SSSR count).